The summed E-state index contributed by atoms with van der Waals surface area (Å²) in [5.74, 6) is -0.101. The first kappa shape index (κ1) is 26.2. The number of nitrogens with one attached hydrogen (secondary N) is 1. The average Bonchev–Trinajstić information content (AvgIpc) is 3.06. The molecule has 0 aromatic carbocycles. The van der Waals surface area contributed by atoms with Gasteiger partial charge in [0.25, 0.3) is 5.56 Å². The number of hydrogen-bond acceptors (Lipinski definition) is 10. The van der Waals surface area contributed by atoms with Crippen LogP contribution in [0.1, 0.15) is 6.23 Å². The molecule has 0 saturated carbocycles. The molecular weight excluding hydrogens is 460 g/mol. The topological polar surface area (TPSA) is 315 Å². The summed E-state index contributed by atoms with van der Waals surface area (Å²) in [6.45, 7) is -0.447. The molecule has 0 amide bonds. The lowest BCUT2D eigenvalue weighted by Crippen LogP contribution is -2.33. The number of hydrogen-bond donors (Lipinski definition) is 11. The number of rotatable bonds is 2. The zero-order valence-electron chi connectivity index (χ0n) is 14.6. The van der Waals surface area contributed by atoms with Crippen molar-refractivity contribution >= 4 is 32.8 Å². The average molecular weight is 479 g/mol. The second-order valence-corrected chi connectivity index (χ2v) is 7.58. The predicted octanol–water partition coefficient (Wildman–Crippen LogP) is -4.54. The monoisotopic (exact) mass is 479 g/mol. The zero-order chi connectivity index (χ0) is 23.4. The normalized spacial score (nSPS) is 24.0. The van der Waals surface area contributed by atoms with Gasteiger partial charge in [-0.2, -0.15) is 4.98 Å². The summed E-state index contributed by atoms with van der Waals surface area (Å²) < 4.78 is 24.4. The molecule has 0 spiro atoms. The lowest BCUT2D eigenvalue weighted by molar-refractivity contribution is -0.0511. The van der Waals surface area contributed by atoms with Crippen LogP contribution in [0.4, 0.5) is 5.95 Å². The van der Waals surface area contributed by atoms with Gasteiger partial charge in [-0.1, -0.05) is 0 Å². The third-order valence-corrected chi connectivity index (χ3v) is 3.24. The van der Waals surface area contributed by atoms with Crippen molar-refractivity contribution < 1.29 is 58.5 Å². The summed E-state index contributed by atoms with van der Waals surface area (Å²) in [6.07, 6.45) is -3.21. The minimum atomic E-state index is -4.64. The SMILES string of the molecule is Nc1nc2c(ncn2[C@@H]2O[C@H](CO)[C@@H](O)[C@H]2O)c(=O)[nH]1.O=P(O)(O)O.O=P(O)(O)O. The molecule has 2 aromatic heterocycles. The highest BCUT2D eigenvalue weighted by molar-refractivity contribution is 7.45. The smallest absolute Gasteiger partial charge is 0.394 e. The van der Waals surface area contributed by atoms with E-state index in [4.69, 9.17) is 54.1 Å². The maximum Gasteiger partial charge on any atom is 0.466 e. The molecule has 0 aliphatic carbocycles. The molecule has 1 saturated heterocycles. The Balaban J connectivity index is 0.000000378. The van der Waals surface area contributed by atoms with Gasteiger partial charge in [-0.3, -0.25) is 14.3 Å². The Morgan fingerprint density at radius 2 is 1.60 bits per heavy atom. The predicted molar refractivity (Wildman–Crippen MR) is 94.1 cm³/mol. The second kappa shape index (κ2) is 10.0. The molecule has 1 aliphatic rings. The zero-order valence-corrected chi connectivity index (χ0v) is 16.4. The van der Waals surface area contributed by atoms with Gasteiger partial charge in [0.1, 0.15) is 18.3 Å². The van der Waals surface area contributed by atoms with Gasteiger partial charge < -0.3 is 55.2 Å². The first-order valence-electron chi connectivity index (χ1n) is 7.44. The van der Waals surface area contributed by atoms with Gasteiger partial charge in [-0.05, 0) is 0 Å². The summed E-state index contributed by atoms with van der Waals surface area (Å²) >= 11 is 0. The van der Waals surface area contributed by atoms with Crippen molar-refractivity contribution in [2.45, 2.75) is 24.5 Å². The summed E-state index contributed by atoms with van der Waals surface area (Å²) in [5, 5.41) is 28.7. The van der Waals surface area contributed by atoms with Gasteiger partial charge in [0, 0.05) is 0 Å². The van der Waals surface area contributed by atoms with Gasteiger partial charge in [0.05, 0.1) is 12.9 Å². The van der Waals surface area contributed by atoms with Gasteiger partial charge >= 0.3 is 15.6 Å². The Bertz CT molecular complexity index is 961. The van der Waals surface area contributed by atoms with Crippen molar-refractivity contribution in [2.24, 2.45) is 0 Å². The number of nitrogens with two attached hydrogens (primary N) is 1. The molecule has 1 aliphatic heterocycles. The molecule has 20 heteroatoms. The molecule has 3 rings (SSSR count). The van der Waals surface area contributed by atoms with Crippen molar-refractivity contribution in [2.75, 3.05) is 12.3 Å². The fraction of sp³-hybridized carbons (Fsp3) is 0.500. The Hall–Kier alpha value is -1.79. The quantitative estimate of drug-likeness (QED) is 0.181. The van der Waals surface area contributed by atoms with Crippen LogP contribution in [-0.4, -0.2) is 89.1 Å². The number of ether oxygens (including phenoxy) is 1. The molecule has 3 heterocycles. The molecule has 0 bridgehead atoms. The molecule has 12 N–H and O–H groups in total. The van der Waals surface area contributed by atoms with Gasteiger partial charge in [0.2, 0.25) is 5.95 Å². The first-order chi connectivity index (χ1) is 13.5. The van der Waals surface area contributed by atoms with E-state index in [1.54, 1.807) is 0 Å². The first-order valence-corrected chi connectivity index (χ1v) is 10.6. The number of nitrogen functional groups attached to an aromatic ring is 1. The summed E-state index contributed by atoms with van der Waals surface area (Å²) in [5.41, 5.74) is 5.12. The van der Waals surface area contributed by atoms with Crippen molar-refractivity contribution in [3.05, 3.63) is 16.7 Å². The van der Waals surface area contributed by atoms with Crippen LogP contribution in [0, 0.1) is 0 Å². The molecule has 30 heavy (non-hydrogen) atoms. The molecule has 172 valence electrons. The Morgan fingerprint density at radius 3 is 2.03 bits per heavy atom. The highest BCUT2D eigenvalue weighted by Gasteiger charge is 2.44. The van der Waals surface area contributed by atoms with E-state index in [0.717, 1.165) is 0 Å². The van der Waals surface area contributed by atoms with E-state index in [1.807, 2.05) is 0 Å². The lowest BCUT2D eigenvalue weighted by atomic mass is 10.1. The summed E-state index contributed by atoms with van der Waals surface area (Å²) in [6, 6.07) is 0. The minimum Gasteiger partial charge on any atom is -0.394 e. The number of aromatic amines is 1. The van der Waals surface area contributed by atoms with Gasteiger partial charge in [0.15, 0.2) is 17.4 Å². The Morgan fingerprint density at radius 1 is 1.10 bits per heavy atom. The molecule has 0 unspecified atom stereocenters. The number of H-pyrrole nitrogens is 1. The van der Waals surface area contributed by atoms with Crippen LogP contribution in [0.2, 0.25) is 0 Å². The van der Waals surface area contributed by atoms with Crippen LogP contribution in [0.5, 0.6) is 0 Å². The van der Waals surface area contributed by atoms with E-state index < -0.39 is 52.4 Å². The maximum absolute atomic E-state index is 11.7. The number of nitrogens with zero attached hydrogens (tertiary/aromatic N) is 3. The van der Waals surface area contributed by atoms with Crippen molar-refractivity contribution in [1.82, 2.24) is 19.5 Å². The van der Waals surface area contributed by atoms with Crippen molar-refractivity contribution in [3.63, 3.8) is 0 Å². The highest BCUT2D eigenvalue weighted by Crippen LogP contribution is 2.30. The number of aromatic nitrogens is 4. The summed E-state index contributed by atoms with van der Waals surface area (Å²) in [4.78, 5) is 64.9. The molecule has 1 fully saturated rings. The second-order valence-electron chi connectivity index (χ2n) is 5.53. The van der Waals surface area contributed by atoms with Crippen LogP contribution in [0.3, 0.4) is 0 Å². The molecular formula is C10H19N5O13P2. The van der Waals surface area contributed by atoms with E-state index in [-0.39, 0.29) is 17.1 Å². The van der Waals surface area contributed by atoms with E-state index in [1.165, 1.54) is 10.9 Å². The standard InChI is InChI=1S/C10H13N5O5.2H3O4P/c11-10-13-7-4(8(19)14-10)12-2-15(7)9-6(18)5(17)3(1-16)20-9;2*1-5(2,3)4/h2-3,5-6,9,16-18H,1H2,(H3,11,13,14,19);2*(H3,1,2,3,4)/t3-,5-,6-,9-;;/m1../s1. The Labute approximate surface area is 165 Å². The fourth-order valence-electron chi connectivity index (χ4n) is 2.24. The molecule has 2 aromatic rings. The number of fused-ring (bicyclic) bond motifs is 1. The van der Waals surface area contributed by atoms with Gasteiger partial charge in [-0.25, -0.2) is 14.1 Å². The third-order valence-electron chi connectivity index (χ3n) is 3.24. The highest BCUT2D eigenvalue weighted by atomic mass is 31.2. The van der Waals surface area contributed by atoms with E-state index in [0.29, 0.717) is 0 Å². The fourth-order valence-corrected chi connectivity index (χ4v) is 2.24. The maximum atomic E-state index is 11.7. The van der Waals surface area contributed by atoms with Crippen LogP contribution < -0.4 is 11.3 Å². The largest absolute Gasteiger partial charge is 0.466 e. The van der Waals surface area contributed by atoms with Crippen LogP contribution >= 0.6 is 15.6 Å². The lowest BCUT2D eigenvalue weighted by Gasteiger charge is -2.16. The third kappa shape index (κ3) is 8.15. The van der Waals surface area contributed by atoms with Crippen LogP contribution in [0.25, 0.3) is 11.2 Å². The number of aliphatic hydroxyl groups is 3. The minimum absolute atomic E-state index is 0.0388. The molecule has 18 nitrogen and oxygen atoms in total. The van der Waals surface area contributed by atoms with Crippen LogP contribution in [-0.2, 0) is 13.9 Å². The van der Waals surface area contributed by atoms with E-state index >= 15 is 0 Å². The number of imidazole rings is 1. The number of aliphatic hydroxyl groups excluding tert-OH is 3. The molecule has 4 atom stereocenters. The van der Waals surface area contributed by atoms with E-state index in [9.17, 15) is 15.0 Å². The summed E-state index contributed by atoms with van der Waals surface area (Å²) in [7, 11) is -9.28. The van der Waals surface area contributed by atoms with Crippen molar-refractivity contribution in [3.8, 4) is 0 Å². The Kier molecular flexibility index (Phi) is 8.76. The van der Waals surface area contributed by atoms with E-state index in [2.05, 4.69) is 15.0 Å². The molecule has 0 radical (unpaired) electrons. The van der Waals surface area contributed by atoms with Crippen LogP contribution in [0.15, 0.2) is 11.1 Å². The van der Waals surface area contributed by atoms with Gasteiger partial charge in [-0.15, -0.1) is 0 Å². The number of phosphoric acid groups is 2. The van der Waals surface area contributed by atoms with Crippen molar-refractivity contribution in [1.29, 1.82) is 0 Å². The number of anilines is 1.